The topological polar surface area (TPSA) is 173 Å². The number of unbranched alkanes of at least 4 members (excludes halogenated alkanes) is 6. The summed E-state index contributed by atoms with van der Waals surface area (Å²) in [5.74, 6) is -0.173. The predicted octanol–water partition coefficient (Wildman–Crippen LogP) is 5.87. The van der Waals surface area contributed by atoms with Gasteiger partial charge in [0, 0.05) is 65.7 Å². The van der Waals surface area contributed by atoms with E-state index in [1.54, 1.807) is 30.5 Å². The highest BCUT2D eigenvalue weighted by Gasteiger charge is 2.30. The van der Waals surface area contributed by atoms with Crippen LogP contribution in [0, 0.1) is 0 Å². The molecule has 1 unspecified atom stereocenters. The molecular formula is C46H54N5O8S+. The third-order valence-corrected chi connectivity index (χ3v) is 11.9. The summed E-state index contributed by atoms with van der Waals surface area (Å²) in [6.45, 7) is 0.638. The van der Waals surface area contributed by atoms with Gasteiger partial charge in [-0.2, -0.15) is 8.42 Å². The Balaban J connectivity index is 0.944. The van der Waals surface area contributed by atoms with Gasteiger partial charge in [0.1, 0.15) is 16.4 Å². The predicted molar refractivity (Wildman–Crippen MR) is 233 cm³/mol. The van der Waals surface area contributed by atoms with Gasteiger partial charge in [0.05, 0.1) is 30.7 Å². The van der Waals surface area contributed by atoms with Crippen molar-refractivity contribution in [1.82, 2.24) is 15.2 Å². The Morgan fingerprint density at radius 3 is 2.38 bits per heavy atom. The monoisotopic (exact) mass is 836 g/mol. The molecule has 0 radical (unpaired) electrons. The largest absolute Gasteiger partial charge is 0.478 e. The van der Waals surface area contributed by atoms with Gasteiger partial charge in [-0.3, -0.25) is 18.9 Å². The number of allylic oxidation sites excluding steroid dienone is 1. The summed E-state index contributed by atoms with van der Waals surface area (Å²) in [5, 5.41) is 24.3. The first-order chi connectivity index (χ1) is 28.8. The summed E-state index contributed by atoms with van der Waals surface area (Å²) in [6, 6.07) is 19.2. The highest BCUT2D eigenvalue weighted by Crippen LogP contribution is 2.45. The van der Waals surface area contributed by atoms with Gasteiger partial charge in [0.15, 0.2) is 6.54 Å². The zero-order valence-electron chi connectivity index (χ0n) is 34.6. The van der Waals surface area contributed by atoms with Crippen molar-refractivity contribution < 1.29 is 42.1 Å². The van der Waals surface area contributed by atoms with E-state index >= 15 is 0 Å². The van der Waals surface area contributed by atoms with Crippen molar-refractivity contribution in [2.45, 2.75) is 62.3 Å². The van der Waals surface area contributed by atoms with Crippen molar-refractivity contribution in [2.24, 2.45) is 0 Å². The molecule has 2 aliphatic rings. The van der Waals surface area contributed by atoms with Crippen LogP contribution in [0.1, 0.15) is 83.2 Å². The third kappa shape index (κ3) is 10.7. The van der Waals surface area contributed by atoms with Crippen molar-refractivity contribution in [1.29, 1.82) is 0 Å². The first-order valence-corrected chi connectivity index (χ1v) is 21.7. The number of pyridine rings is 1. The number of carboxylic acid groups (broad SMARTS) is 1. The molecule has 316 valence electrons. The molecule has 2 heterocycles. The van der Waals surface area contributed by atoms with Crippen LogP contribution in [0.25, 0.3) is 16.5 Å². The summed E-state index contributed by atoms with van der Waals surface area (Å²) in [6.07, 6.45) is 14.2. The number of hydrogen-bond acceptors (Lipinski definition) is 9. The van der Waals surface area contributed by atoms with Crippen molar-refractivity contribution in [3.8, 4) is 5.75 Å². The van der Waals surface area contributed by atoms with Gasteiger partial charge in [0.25, 0.3) is 16.0 Å². The number of anilines is 1. The number of rotatable bonds is 20. The number of carbonyl (C=O) groups excluding carboxylic acids is 1. The van der Waals surface area contributed by atoms with E-state index in [4.69, 9.17) is 8.92 Å². The fourth-order valence-corrected chi connectivity index (χ4v) is 8.39. The van der Waals surface area contributed by atoms with Crippen LogP contribution in [-0.2, 0) is 14.3 Å². The molecule has 1 aliphatic heterocycles. The number of aliphatic hydroxyl groups is 1. The number of carboxylic acids is 1. The van der Waals surface area contributed by atoms with Gasteiger partial charge in [-0.25, -0.2) is 9.79 Å². The summed E-state index contributed by atoms with van der Waals surface area (Å²) in [7, 11) is 3.95. The Morgan fingerprint density at radius 2 is 1.63 bits per heavy atom. The maximum Gasteiger partial charge on any atom is 0.336 e. The lowest BCUT2D eigenvalue weighted by Gasteiger charge is -2.31. The highest BCUT2D eigenvalue weighted by molar-refractivity contribution is 7.87. The van der Waals surface area contributed by atoms with Gasteiger partial charge in [0.2, 0.25) is 0 Å². The third-order valence-electron chi connectivity index (χ3n) is 10.6. The number of aliphatic hydroxyl groups excluding tert-OH is 1. The number of nitrogens with zero attached hydrogens (tertiary/aromatic N) is 3. The number of para-hydroxylation sites is 1. The number of fused-ring (bicyclic) bond motifs is 3. The number of likely N-dealkylation sites (N-methyl/N-ethyl adjacent to an activating group) is 1. The van der Waals surface area contributed by atoms with Crippen molar-refractivity contribution in [2.75, 3.05) is 52.8 Å². The van der Waals surface area contributed by atoms with Crippen LogP contribution in [0.3, 0.4) is 0 Å². The maximum atomic E-state index is 13.2. The fraction of sp³-hybridized carbons (Fsp3) is 0.348. The maximum absolute atomic E-state index is 13.2. The van der Waals surface area contributed by atoms with Crippen molar-refractivity contribution in [3.63, 3.8) is 0 Å². The van der Waals surface area contributed by atoms with Crippen LogP contribution in [0.4, 0.5) is 5.69 Å². The lowest BCUT2D eigenvalue weighted by atomic mass is 9.84. The molecule has 0 fully saturated rings. The van der Waals surface area contributed by atoms with Gasteiger partial charge < -0.3 is 25.2 Å². The van der Waals surface area contributed by atoms with Crippen LogP contribution in [0.15, 0.2) is 107 Å². The Bertz CT molecular complexity index is 2450. The second-order valence-corrected chi connectivity index (χ2v) is 16.9. The summed E-state index contributed by atoms with van der Waals surface area (Å²) < 4.78 is 37.2. The van der Waals surface area contributed by atoms with E-state index in [0.717, 1.165) is 60.7 Å². The van der Waals surface area contributed by atoms with E-state index in [1.807, 2.05) is 81.7 Å². The minimum absolute atomic E-state index is 0.000504. The minimum atomic E-state index is -3.90. The van der Waals surface area contributed by atoms with E-state index in [1.165, 1.54) is 12.1 Å². The number of nitrogens with one attached hydrogen (secondary N) is 2. The first-order valence-electron chi connectivity index (χ1n) is 20.3. The number of ether oxygens (including phenoxy) is 1. The van der Waals surface area contributed by atoms with Crippen LogP contribution in [0.5, 0.6) is 5.75 Å². The number of aromatic carboxylic acids is 1. The zero-order valence-corrected chi connectivity index (χ0v) is 35.4. The van der Waals surface area contributed by atoms with E-state index in [9.17, 15) is 28.2 Å². The van der Waals surface area contributed by atoms with E-state index < -0.39 is 22.0 Å². The first kappa shape index (κ1) is 43.7. The van der Waals surface area contributed by atoms with Crippen LogP contribution < -0.4 is 19.9 Å². The van der Waals surface area contributed by atoms with Gasteiger partial charge in [-0.15, -0.1) is 0 Å². The summed E-state index contributed by atoms with van der Waals surface area (Å²) in [4.78, 5) is 37.2. The quantitative estimate of drug-likeness (QED) is 0.0363. The Hall–Kier alpha value is -5.83. The number of benzene rings is 3. The molecule has 13 nitrogen and oxygen atoms in total. The van der Waals surface area contributed by atoms with E-state index in [0.29, 0.717) is 47.5 Å². The van der Waals surface area contributed by atoms with Crippen LogP contribution in [0.2, 0.25) is 0 Å². The zero-order chi connectivity index (χ0) is 42.8. The molecule has 3 aromatic carbocycles. The second-order valence-electron chi connectivity index (χ2n) is 15.3. The lowest BCUT2D eigenvalue weighted by Crippen LogP contribution is -2.75. The number of aromatic nitrogens is 1. The summed E-state index contributed by atoms with van der Waals surface area (Å²) >= 11 is 0. The molecule has 1 aromatic heterocycles. The molecule has 1 atom stereocenters. The average Bonchev–Trinajstić information content (AvgIpc) is 3.23. The number of amides is 1. The molecule has 0 spiro atoms. The van der Waals surface area contributed by atoms with E-state index in [-0.39, 0.29) is 41.1 Å². The van der Waals surface area contributed by atoms with Crippen LogP contribution in [-0.4, -0.2) is 100 Å². The highest BCUT2D eigenvalue weighted by atomic mass is 32.2. The molecule has 60 heavy (non-hydrogen) atoms. The molecular weight excluding hydrogens is 783 g/mol. The van der Waals surface area contributed by atoms with Gasteiger partial charge in [-0.1, -0.05) is 68.5 Å². The lowest BCUT2D eigenvalue weighted by molar-refractivity contribution is -0.465. The average molecular weight is 837 g/mol. The van der Waals surface area contributed by atoms with Crippen molar-refractivity contribution in [3.05, 3.63) is 125 Å². The summed E-state index contributed by atoms with van der Waals surface area (Å²) in [5.41, 5.74) is 4.27. The molecule has 14 heteroatoms. The molecule has 0 saturated carbocycles. The SMILES string of the molecule is CN(C)c1ccc2c(c1)OC1=CC(N(C)C)C=CC1=C2c1ccc(C(=O)NCC[NH+]=C(O)CCCCCCCCCOS(=O)(=O)c2cccc3cccnc23)cc1C(=O)O. The Morgan fingerprint density at radius 1 is 0.900 bits per heavy atom. The van der Waals surface area contributed by atoms with E-state index in [2.05, 4.69) is 20.2 Å². The standard InChI is InChI=1S/C46H53N5O8S/c1-50(2)33-19-22-36-39(29-33)59-40-30-34(51(3)4)20-23-37(40)43(36)35-21-18-32(28-38(35)46(54)55)45(53)49-26-25-47-42(52)17-10-8-6-5-7-9-11-27-58-60(56,57)41-16-12-14-31-15-13-24-48-44(31)41/h12-16,18-24,28-30,33H,5-11,17,25-27H2,1-4H3,(H,47,52)(H,49,53)(H,54,55)/p+1. The molecule has 0 saturated heterocycles. The van der Waals surface area contributed by atoms with Gasteiger partial charge >= 0.3 is 11.9 Å². The second kappa shape index (κ2) is 19.9. The molecule has 4 N–H and O–H groups in total. The molecule has 1 amide bonds. The molecule has 4 aromatic rings. The Labute approximate surface area is 351 Å². The van der Waals surface area contributed by atoms with Crippen molar-refractivity contribution >= 4 is 50.1 Å². The van der Waals surface area contributed by atoms with Gasteiger partial charge in [-0.05, 0) is 75.0 Å². The van der Waals surface area contributed by atoms with Crippen LogP contribution >= 0.6 is 0 Å². The minimum Gasteiger partial charge on any atom is -0.478 e. The normalized spacial score (nSPS) is 15.1. The number of hydrogen-bond donors (Lipinski definition) is 4. The Kier molecular flexibility index (Phi) is 14.5. The molecule has 0 bridgehead atoms. The molecule has 1 aliphatic carbocycles. The fourth-order valence-electron chi connectivity index (χ4n) is 7.27. The number of carbonyl (C=O) groups is 2. The smallest absolute Gasteiger partial charge is 0.336 e. The molecule has 6 rings (SSSR count).